The van der Waals surface area contributed by atoms with Crippen LogP contribution in [0.4, 0.5) is 0 Å². The summed E-state index contributed by atoms with van der Waals surface area (Å²) in [5, 5.41) is 19.6. The van der Waals surface area contributed by atoms with E-state index in [4.69, 9.17) is 4.42 Å². The first-order valence-electron chi connectivity index (χ1n) is 6.93. The maximum atomic E-state index is 12.2. The fourth-order valence-corrected chi connectivity index (χ4v) is 2.83. The molecule has 3 rings (SSSR count). The predicted molar refractivity (Wildman–Crippen MR) is 84.9 cm³/mol. The number of hydrogen-bond donors (Lipinski definition) is 2. The van der Waals surface area contributed by atoms with Crippen LogP contribution >= 0.6 is 11.3 Å². The first-order chi connectivity index (χ1) is 11.0. The molecule has 0 aliphatic rings. The van der Waals surface area contributed by atoms with Gasteiger partial charge in [-0.2, -0.15) is 5.10 Å². The number of thiazole rings is 1. The molecule has 0 aromatic carbocycles. The zero-order valence-corrected chi connectivity index (χ0v) is 13.5. The Morgan fingerprint density at radius 2 is 2.39 bits per heavy atom. The minimum Gasteiger partial charge on any atom is -0.472 e. The van der Waals surface area contributed by atoms with Crippen molar-refractivity contribution in [2.24, 2.45) is 7.05 Å². The van der Waals surface area contributed by atoms with Gasteiger partial charge in [0.25, 0.3) is 5.91 Å². The van der Waals surface area contributed by atoms with Crippen LogP contribution in [0, 0.1) is 0 Å². The van der Waals surface area contributed by atoms with E-state index in [1.165, 1.54) is 11.3 Å². The summed E-state index contributed by atoms with van der Waals surface area (Å²) in [5.41, 5.74) is 0.579. The molecule has 3 aromatic heterocycles. The fourth-order valence-electron chi connectivity index (χ4n) is 2.04. The molecule has 0 fully saturated rings. The summed E-state index contributed by atoms with van der Waals surface area (Å²) in [6.07, 6.45) is 6.42. The topological polar surface area (TPSA) is 93.2 Å². The summed E-state index contributed by atoms with van der Waals surface area (Å²) in [4.78, 5) is 16.5. The van der Waals surface area contributed by atoms with Gasteiger partial charge < -0.3 is 14.8 Å². The first kappa shape index (κ1) is 15.4. The third-order valence-corrected chi connectivity index (χ3v) is 4.32. The Morgan fingerprint density at radius 1 is 1.57 bits per heavy atom. The number of aliphatic hydroxyl groups is 1. The zero-order chi connectivity index (χ0) is 16.4. The smallest absolute Gasteiger partial charge is 0.270 e. The molecule has 23 heavy (non-hydrogen) atoms. The molecular weight excluding hydrogens is 316 g/mol. The number of hydrogen-bond acceptors (Lipinski definition) is 6. The summed E-state index contributed by atoms with van der Waals surface area (Å²) >= 11 is 1.36. The van der Waals surface area contributed by atoms with Gasteiger partial charge in [0, 0.05) is 29.8 Å². The van der Waals surface area contributed by atoms with Crippen LogP contribution in [-0.2, 0) is 12.6 Å². The second-order valence-corrected chi connectivity index (χ2v) is 6.27. The molecule has 1 unspecified atom stereocenters. The number of nitrogens with one attached hydrogen (secondary N) is 1. The number of furan rings is 1. The van der Waals surface area contributed by atoms with E-state index in [1.807, 2.05) is 0 Å². The van der Waals surface area contributed by atoms with Crippen molar-refractivity contribution in [1.82, 2.24) is 20.1 Å². The van der Waals surface area contributed by atoms with E-state index < -0.39 is 5.60 Å². The summed E-state index contributed by atoms with van der Waals surface area (Å²) < 4.78 is 6.61. The summed E-state index contributed by atoms with van der Waals surface area (Å²) in [7, 11) is 1.77. The van der Waals surface area contributed by atoms with Gasteiger partial charge in [-0.3, -0.25) is 9.48 Å². The lowest BCUT2D eigenvalue weighted by Gasteiger charge is -2.21. The maximum absolute atomic E-state index is 12.2. The van der Waals surface area contributed by atoms with Gasteiger partial charge >= 0.3 is 0 Å². The van der Waals surface area contributed by atoms with Crippen molar-refractivity contribution < 1.29 is 14.3 Å². The third-order valence-electron chi connectivity index (χ3n) is 3.42. The average Bonchev–Trinajstić information content (AvgIpc) is 3.24. The van der Waals surface area contributed by atoms with Crippen molar-refractivity contribution in [3.8, 4) is 10.6 Å². The van der Waals surface area contributed by atoms with E-state index >= 15 is 0 Å². The molecule has 3 aromatic rings. The molecule has 120 valence electrons. The Morgan fingerprint density at radius 3 is 3.04 bits per heavy atom. The van der Waals surface area contributed by atoms with Crippen LogP contribution in [0.3, 0.4) is 0 Å². The molecule has 0 aliphatic carbocycles. The van der Waals surface area contributed by atoms with E-state index in [-0.39, 0.29) is 12.5 Å². The predicted octanol–water partition coefficient (Wildman–Crippen LogP) is 1.77. The van der Waals surface area contributed by atoms with Crippen LogP contribution < -0.4 is 5.32 Å². The Kier molecular flexibility index (Phi) is 4.01. The van der Waals surface area contributed by atoms with E-state index in [0.717, 1.165) is 5.56 Å². The number of aryl methyl sites for hydroxylation is 1. The maximum Gasteiger partial charge on any atom is 0.270 e. The van der Waals surface area contributed by atoms with Crippen LogP contribution in [0.25, 0.3) is 10.6 Å². The summed E-state index contributed by atoms with van der Waals surface area (Å²) in [6, 6.07) is 1.79. The van der Waals surface area contributed by atoms with E-state index in [9.17, 15) is 9.90 Å². The van der Waals surface area contributed by atoms with Gasteiger partial charge in [-0.05, 0) is 13.0 Å². The fraction of sp³-hybridized carbons (Fsp3) is 0.267. The van der Waals surface area contributed by atoms with Gasteiger partial charge in [0.1, 0.15) is 22.6 Å². The number of carbonyl (C=O) groups is 1. The van der Waals surface area contributed by atoms with Gasteiger partial charge in [-0.15, -0.1) is 11.3 Å². The number of amides is 1. The molecule has 0 aliphatic heterocycles. The highest BCUT2D eigenvalue weighted by Crippen LogP contribution is 2.24. The monoisotopic (exact) mass is 332 g/mol. The highest BCUT2D eigenvalue weighted by Gasteiger charge is 2.26. The molecule has 8 heteroatoms. The standard InChI is InChI=1S/C15H16N4O3S/c1-15(21,11-5-17-19(2)6-11)9-16-13(20)12-8-23-14(18-12)10-3-4-22-7-10/h3-8,21H,9H2,1-2H3,(H,16,20). The third kappa shape index (κ3) is 3.33. The van der Waals surface area contributed by atoms with Gasteiger partial charge in [0.15, 0.2) is 0 Å². The van der Waals surface area contributed by atoms with Gasteiger partial charge in [-0.1, -0.05) is 0 Å². The van der Waals surface area contributed by atoms with Crippen molar-refractivity contribution in [1.29, 1.82) is 0 Å². The first-order valence-corrected chi connectivity index (χ1v) is 7.81. The SMILES string of the molecule is Cn1cc(C(C)(O)CNC(=O)c2csc(-c3ccoc3)n2)cn1. The quantitative estimate of drug-likeness (QED) is 0.743. The molecule has 3 heterocycles. The lowest BCUT2D eigenvalue weighted by atomic mass is 10.00. The van der Waals surface area contributed by atoms with Gasteiger partial charge in [0.05, 0.1) is 19.0 Å². The second-order valence-electron chi connectivity index (χ2n) is 5.41. The van der Waals surface area contributed by atoms with Crippen LogP contribution in [0.5, 0.6) is 0 Å². The average molecular weight is 332 g/mol. The largest absolute Gasteiger partial charge is 0.472 e. The van der Waals surface area contributed by atoms with Crippen LogP contribution in [0.1, 0.15) is 23.0 Å². The molecule has 2 N–H and O–H groups in total. The molecule has 7 nitrogen and oxygen atoms in total. The normalized spacial score (nSPS) is 13.7. The van der Waals surface area contributed by atoms with Crippen molar-refractivity contribution in [2.75, 3.05) is 6.54 Å². The van der Waals surface area contributed by atoms with Crippen LogP contribution in [-0.4, -0.2) is 32.3 Å². The Labute approximate surface area is 136 Å². The molecule has 0 saturated carbocycles. The van der Waals surface area contributed by atoms with Crippen LogP contribution in [0.15, 0.2) is 40.8 Å². The highest BCUT2D eigenvalue weighted by molar-refractivity contribution is 7.13. The Balaban J connectivity index is 1.65. The van der Waals surface area contributed by atoms with Crippen molar-refractivity contribution >= 4 is 17.2 Å². The molecule has 1 atom stereocenters. The Bertz CT molecular complexity index is 804. The van der Waals surface area contributed by atoms with Crippen molar-refractivity contribution in [3.05, 3.63) is 47.6 Å². The molecule has 0 saturated heterocycles. The Hall–Kier alpha value is -2.45. The van der Waals surface area contributed by atoms with Crippen LogP contribution in [0.2, 0.25) is 0 Å². The number of carbonyl (C=O) groups excluding carboxylic acids is 1. The number of aromatic nitrogens is 3. The molecule has 0 bridgehead atoms. The van der Waals surface area contributed by atoms with Crippen molar-refractivity contribution in [2.45, 2.75) is 12.5 Å². The second kappa shape index (κ2) is 5.98. The van der Waals surface area contributed by atoms with E-state index in [0.29, 0.717) is 16.3 Å². The van der Waals surface area contributed by atoms with Crippen molar-refractivity contribution in [3.63, 3.8) is 0 Å². The minimum absolute atomic E-state index is 0.0656. The summed E-state index contributed by atoms with van der Waals surface area (Å²) in [6.45, 7) is 1.69. The lowest BCUT2D eigenvalue weighted by molar-refractivity contribution is 0.0524. The molecule has 0 radical (unpaired) electrons. The lowest BCUT2D eigenvalue weighted by Crippen LogP contribution is -2.38. The molecule has 0 spiro atoms. The minimum atomic E-state index is -1.20. The number of nitrogens with zero attached hydrogens (tertiary/aromatic N) is 3. The summed E-state index contributed by atoms with van der Waals surface area (Å²) in [5.74, 6) is -0.333. The zero-order valence-electron chi connectivity index (χ0n) is 12.7. The highest BCUT2D eigenvalue weighted by atomic mass is 32.1. The number of rotatable bonds is 5. The molecule has 1 amide bonds. The van der Waals surface area contributed by atoms with E-state index in [1.54, 1.807) is 55.0 Å². The van der Waals surface area contributed by atoms with E-state index in [2.05, 4.69) is 15.4 Å². The van der Waals surface area contributed by atoms with Gasteiger partial charge in [-0.25, -0.2) is 4.98 Å². The molecular formula is C15H16N4O3S. The van der Waals surface area contributed by atoms with Gasteiger partial charge in [0.2, 0.25) is 0 Å².